The molecule has 2 heterocycles. The average molecular weight is 591 g/mol. The maximum Gasteiger partial charge on any atom is 0.184 e. The SMILES string of the molecule is c1ccc(CO[C@H]2[C@@H](OCc3ccc4ccccc4c3)[C@@H]3O[C@H](c4ccccc4)OC[C@H]3O[C@@H]2Sc2ccccc2)cc1. The molecule has 5 aromatic rings. The average Bonchev–Trinajstić information content (AvgIpc) is 3.07. The van der Waals surface area contributed by atoms with Crippen LogP contribution in [0.3, 0.4) is 0 Å². The van der Waals surface area contributed by atoms with Crippen molar-refractivity contribution in [1.29, 1.82) is 0 Å². The van der Waals surface area contributed by atoms with Crippen molar-refractivity contribution in [2.24, 2.45) is 0 Å². The van der Waals surface area contributed by atoms with Crippen LogP contribution in [-0.4, -0.2) is 36.5 Å². The Morgan fingerprint density at radius 1 is 0.605 bits per heavy atom. The van der Waals surface area contributed by atoms with Crippen LogP contribution in [0.2, 0.25) is 0 Å². The van der Waals surface area contributed by atoms with E-state index in [1.165, 1.54) is 10.8 Å². The first-order valence-corrected chi connectivity index (χ1v) is 15.6. The molecule has 218 valence electrons. The third-order valence-corrected chi connectivity index (χ3v) is 9.05. The lowest BCUT2D eigenvalue weighted by Crippen LogP contribution is -2.62. The summed E-state index contributed by atoms with van der Waals surface area (Å²) < 4.78 is 33.2. The van der Waals surface area contributed by atoms with E-state index in [4.69, 9.17) is 23.7 Å². The van der Waals surface area contributed by atoms with Crippen molar-refractivity contribution in [3.8, 4) is 0 Å². The predicted molar refractivity (Wildman–Crippen MR) is 169 cm³/mol. The van der Waals surface area contributed by atoms with E-state index in [2.05, 4.69) is 66.7 Å². The van der Waals surface area contributed by atoms with E-state index in [0.717, 1.165) is 21.6 Å². The van der Waals surface area contributed by atoms with E-state index in [1.807, 2.05) is 66.7 Å². The zero-order valence-corrected chi connectivity index (χ0v) is 24.6. The van der Waals surface area contributed by atoms with Crippen LogP contribution in [0.4, 0.5) is 0 Å². The second-order valence-corrected chi connectivity index (χ2v) is 12.0. The molecule has 5 nitrogen and oxygen atoms in total. The Kier molecular flexibility index (Phi) is 8.84. The summed E-state index contributed by atoms with van der Waals surface area (Å²) in [5, 5.41) is 2.40. The summed E-state index contributed by atoms with van der Waals surface area (Å²) in [5.41, 5.74) is 2.84. The number of thioether (sulfide) groups is 1. The van der Waals surface area contributed by atoms with Gasteiger partial charge in [0.2, 0.25) is 0 Å². The molecule has 0 radical (unpaired) electrons. The van der Waals surface area contributed by atoms with Gasteiger partial charge >= 0.3 is 0 Å². The van der Waals surface area contributed by atoms with Crippen molar-refractivity contribution in [2.45, 2.75) is 54.3 Å². The van der Waals surface area contributed by atoms with Crippen LogP contribution in [0.5, 0.6) is 0 Å². The van der Waals surface area contributed by atoms with E-state index < -0.39 is 18.5 Å². The summed E-state index contributed by atoms with van der Waals surface area (Å²) in [5.74, 6) is 0. The number of rotatable bonds is 9. The van der Waals surface area contributed by atoms with Crippen molar-refractivity contribution >= 4 is 22.5 Å². The summed E-state index contributed by atoms with van der Waals surface area (Å²) in [6.07, 6.45) is -2.00. The molecule has 0 aromatic heterocycles. The molecule has 2 aliphatic rings. The van der Waals surface area contributed by atoms with Crippen molar-refractivity contribution in [3.63, 3.8) is 0 Å². The van der Waals surface area contributed by atoms with Crippen LogP contribution in [0, 0.1) is 0 Å². The van der Waals surface area contributed by atoms with E-state index >= 15 is 0 Å². The summed E-state index contributed by atoms with van der Waals surface area (Å²) >= 11 is 1.65. The second kappa shape index (κ2) is 13.4. The van der Waals surface area contributed by atoms with E-state index in [9.17, 15) is 0 Å². The Balaban J connectivity index is 1.20. The molecule has 0 aliphatic carbocycles. The first-order valence-electron chi connectivity index (χ1n) is 14.7. The molecular formula is C37H34O5S. The van der Waals surface area contributed by atoms with Gasteiger partial charge in [-0.25, -0.2) is 0 Å². The molecule has 6 heteroatoms. The molecule has 6 atom stereocenters. The zero-order valence-electron chi connectivity index (χ0n) is 23.7. The van der Waals surface area contributed by atoms with Crippen LogP contribution in [0.1, 0.15) is 23.0 Å². The van der Waals surface area contributed by atoms with Crippen molar-refractivity contribution in [1.82, 2.24) is 0 Å². The monoisotopic (exact) mass is 590 g/mol. The minimum Gasteiger partial charge on any atom is -0.368 e. The second-order valence-electron chi connectivity index (χ2n) is 10.9. The molecular weight excluding hydrogens is 556 g/mol. The van der Waals surface area contributed by atoms with Crippen LogP contribution in [0.25, 0.3) is 10.8 Å². The number of hydrogen-bond donors (Lipinski definition) is 0. The molecule has 2 aliphatic heterocycles. The number of ether oxygens (including phenoxy) is 5. The number of benzene rings is 5. The van der Waals surface area contributed by atoms with Gasteiger partial charge in [0.05, 0.1) is 19.8 Å². The maximum absolute atomic E-state index is 6.84. The fourth-order valence-electron chi connectivity index (χ4n) is 5.71. The molecule has 7 rings (SSSR count). The summed E-state index contributed by atoms with van der Waals surface area (Å²) in [7, 11) is 0. The minimum atomic E-state index is -0.508. The highest BCUT2D eigenvalue weighted by molar-refractivity contribution is 7.99. The highest BCUT2D eigenvalue weighted by Gasteiger charge is 2.51. The molecule has 5 aromatic carbocycles. The van der Waals surface area contributed by atoms with Gasteiger partial charge in [-0.1, -0.05) is 127 Å². The number of hydrogen-bond acceptors (Lipinski definition) is 6. The Bertz CT molecular complexity index is 1600. The smallest absolute Gasteiger partial charge is 0.184 e. The summed E-state index contributed by atoms with van der Waals surface area (Å²) in [6.45, 7) is 1.26. The first kappa shape index (κ1) is 28.3. The van der Waals surface area contributed by atoms with Gasteiger partial charge in [0.15, 0.2) is 6.29 Å². The Hall–Kier alpha value is -3.49. The first-order chi connectivity index (χ1) is 21.3. The lowest BCUT2D eigenvalue weighted by Gasteiger charge is -2.49. The summed E-state index contributed by atoms with van der Waals surface area (Å²) in [4.78, 5) is 1.10. The van der Waals surface area contributed by atoms with Crippen molar-refractivity contribution in [2.75, 3.05) is 6.61 Å². The maximum atomic E-state index is 6.84. The highest BCUT2D eigenvalue weighted by atomic mass is 32.2. The topological polar surface area (TPSA) is 46.2 Å². The van der Waals surface area contributed by atoms with Crippen LogP contribution < -0.4 is 0 Å². The van der Waals surface area contributed by atoms with E-state index in [-0.39, 0.29) is 17.6 Å². The molecule has 0 unspecified atom stereocenters. The van der Waals surface area contributed by atoms with Crippen LogP contribution >= 0.6 is 11.8 Å². The van der Waals surface area contributed by atoms with Gasteiger partial charge in [-0.05, 0) is 40.1 Å². The van der Waals surface area contributed by atoms with Gasteiger partial charge in [0, 0.05) is 10.5 Å². The Morgan fingerprint density at radius 2 is 1.26 bits per heavy atom. The third kappa shape index (κ3) is 6.70. The molecule has 0 saturated carbocycles. The molecule has 2 fully saturated rings. The van der Waals surface area contributed by atoms with Gasteiger partial charge in [-0.2, -0.15) is 0 Å². The molecule has 0 N–H and O–H groups in total. The zero-order chi connectivity index (χ0) is 28.8. The molecule has 2 saturated heterocycles. The standard InChI is InChI=1S/C37H34O5S/c1-4-12-26(13-5-1)23-39-35-34(38-24-27-20-21-28-14-10-11-17-30(28)22-27)33-32(41-37(35)43-31-18-8-3-9-19-31)25-40-36(42-33)29-15-6-2-7-16-29/h1-22,32-37H,23-25H2/t32-,33-,34+,35+,36-,37-/m1/s1. The van der Waals surface area contributed by atoms with E-state index in [1.54, 1.807) is 11.8 Å². The fourth-order valence-corrected chi connectivity index (χ4v) is 6.86. The lowest BCUT2D eigenvalue weighted by molar-refractivity contribution is -0.329. The van der Waals surface area contributed by atoms with Crippen molar-refractivity contribution < 1.29 is 23.7 Å². The van der Waals surface area contributed by atoms with Crippen LogP contribution in [-0.2, 0) is 36.9 Å². The quantitative estimate of drug-likeness (QED) is 0.174. The van der Waals surface area contributed by atoms with Gasteiger partial charge in [0.25, 0.3) is 0 Å². The van der Waals surface area contributed by atoms with Crippen molar-refractivity contribution in [3.05, 3.63) is 150 Å². The van der Waals surface area contributed by atoms with Gasteiger partial charge in [0.1, 0.15) is 29.9 Å². The minimum absolute atomic E-state index is 0.306. The molecule has 0 spiro atoms. The highest BCUT2D eigenvalue weighted by Crippen LogP contribution is 2.41. The third-order valence-electron chi connectivity index (χ3n) is 7.89. The Labute approximate surface area is 256 Å². The largest absolute Gasteiger partial charge is 0.368 e. The molecule has 0 amide bonds. The summed E-state index contributed by atoms with van der Waals surface area (Å²) in [6, 6.07) is 45.4. The fraction of sp³-hybridized carbons (Fsp3) is 0.243. The van der Waals surface area contributed by atoms with E-state index in [0.29, 0.717) is 19.8 Å². The number of fused-ring (bicyclic) bond motifs is 2. The van der Waals surface area contributed by atoms with Gasteiger partial charge in [-0.3, -0.25) is 0 Å². The molecule has 43 heavy (non-hydrogen) atoms. The normalized spacial score (nSPS) is 25.3. The Morgan fingerprint density at radius 3 is 2.05 bits per heavy atom. The van der Waals surface area contributed by atoms with Gasteiger partial charge < -0.3 is 23.7 Å². The van der Waals surface area contributed by atoms with Gasteiger partial charge in [-0.15, -0.1) is 0 Å². The lowest BCUT2D eigenvalue weighted by atomic mass is 9.98. The molecule has 0 bridgehead atoms. The predicted octanol–water partition coefficient (Wildman–Crippen LogP) is 7.94. The van der Waals surface area contributed by atoms with Crippen LogP contribution in [0.15, 0.2) is 138 Å².